The molecule has 0 unspecified atom stereocenters. The molecule has 21 heavy (non-hydrogen) atoms. The SMILES string of the molecule is COc1ccc(N2CCN(c3ccc(N)cc3)CC2)cn1. The number of piperazine rings is 1. The molecule has 1 aliphatic rings. The van der Waals surface area contributed by atoms with Crippen molar-refractivity contribution in [2.24, 2.45) is 0 Å². The van der Waals surface area contributed by atoms with Crippen LogP contribution in [0.15, 0.2) is 42.6 Å². The molecule has 0 spiro atoms. The summed E-state index contributed by atoms with van der Waals surface area (Å²) in [7, 11) is 1.63. The molecule has 1 fully saturated rings. The zero-order chi connectivity index (χ0) is 14.7. The molecule has 1 saturated heterocycles. The zero-order valence-electron chi connectivity index (χ0n) is 12.2. The van der Waals surface area contributed by atoms with Crippen LogP contribution in [-0.2, 0) is 0 Å². The van der Waals surface area contributed by atoms with Crippen molar-refractivity contribution in [3.63, 3.8) is 0 Å². The molecule has 110 valence electrons. The van der Waals surface area contributed by atoms with Gasteiger partial charge in [-0.05, 0) is 30.3 Å². The van der Waals surface area contributed by atoms with Crippen LogP contribution in [0.1, 0.15) is 0 Å². The Labute approximate surface area is 125 Å². The number of hydrogen-bond acceptors (Lipinski definition) is 5. The molecule has 5 nitrogen and oxygen atoms in total. The van der Waals surface area contributed by atoms with Crippen LogP contribution >= 0.6 is 0 Å². The molecule has 3 rings (SSSR count). The molecule has 0 atom stereocenters. The fourth-order valence-electron chi connectivity index (χ4n) is 2.59. The van der Waals surface area contributed by atoms with Crippen LogP contribution in [0.2, 0.25) is 0 Å². The highest BCUT2D eigenvalue weighted by molar-refractivity contribution is 5.55. The average Bonchev–Trinajstić information content (AvgIpc) is 2.56. The third-order valence-electron chi connectivity index (χ3n) is 3.83. The summed E-state index contributed by atoms with van der Waals surface area (Å²) in [6.07, 6.45) is 1.87. The number of methoxy groups -OCH3 is 1. The topological polar surface area (TPSA) is 54.6 Å². The van der Waals surface area contributed by atoms with E-state index in [1.807, 2.05) is 24.4 Å². The number of aromatic nitrogens is 1. The highest BCUT2D eigenvalue weighted by Gasteiger charge is 2.17. The molecule has 0 amide bonds. The maximum absolute atomic E-state index is 5.73. The molecular weight excluding hydrogens is 264 g/mol. The smallest absolute Gasteiger partial charge is 0.213 e. The summed E-state index contributed by atoms with van der Waals surface area (Å²) >= 11 is 0. The van der Waals surface area contributed by atoms with Crippen LogP contribution in [-0.4, -0.2) is 38.3 Å². The van der Waals surface area contributed by atoms with Crippen LogP contribution in [0.25, 0.3) is 0 Å². The van der Waals surface area contributed by atoms with Gasteiger partial charge in [0.1, 0.15) is 0 Å². The van der Waals surface area contributed by atoms with Crippen molar-refractivity contribution in [3.8, 4) is 5.88 Å². The predicted molar refractivity (Wildman–Crippen MR) is 86.1 cm³/mol. The minimum absolute atomic E-state index is 0.652. The minimum atomic E-state index is 0.652. The van der Waals surface area contributed by atoms with Gasteiger partial charge in [-0.1, -0.05) is 0 Å². The Hall–Kier alpha value is -2.43. The summed E-state index contributed by atoms with van der Waals surface area (Å²) in [6.45, 7) is 3.96. The monoisotopic (exact) mass is 284 g/mol. The Bertz CT molecular complexity index is 574. The molecule has 1 aromatic heterocycles. The lowest BCUT2D eigenvalue weighted by Crippen LogP contribution is -2.46. The molecular formula is C16H20N4O. The molecule has 2 heterocycles. The summed E-state index contributed by atoms with van der Waals surface area (Å²) < 4.78 is 5.09. The molecule has 0 bridgehead atoms. The van der Waals surface area contributed by atoms with Crippen molar-refractivity contribution in [1.82, 2.24) is 4.98 Å². The zero-order valence-corrected chi connectivity index (χ0v) is 12.2. The molecule has 1 aliphatic heterocycles. The standard InChI is InChI=1S/C16H20N4O/c1-21-16-7-6-15(12-18-16)20-10-8-19(9-11-20)14-4-2-13(17)3-5-14/h2-7,12H,8-11,17H2,1H3. The van der Waals surface area contributed by atoms with Gasteiger partial charge in [-0.25, -0.2) is 4.98 Å². The van der Waals surface area contributed by atoms with E-state index in [9.17, 15) is 0 Å². The quantitative estimate of drug-likeness (QED) is 0.874. The van der Waals surface area contributed by atoms with Gasteiger partial charge in [0.15, 0.2) is 0 Å². The van der Waals surface area contributed by atoms with Crippen molar-refractivity contribution in [3.05, 3.63) is 42.6 Å². The summed E-state index contributed by atoms with van der Waals surface area (Å²) in [4.78, 5) is 9.00. The van der Waals surface area contributed by atoms with E-state index in [-0.39, 0.29) is 0 Å². The molecule has 0 radical (unpaired) electrons. The highest BCUT2D eigenvalue weighted by atomic mass is 16.5. The minimum Gasteiger partial charge on any atom is -0.481 e. The number of hydrogen-bond donors (Lipinski definition) is 1. The summed E-state index contributed by atoms with van der Waals surface area (Å²) in [5.74, 6) is 0.652. The molecule has 5 heteroatoms. The number of nitrogen functional groups attached to an aromatic ring is 1. The van der Waals surface area contributed by atoms with Crippen LogP contribution in [0.3, 0.4) is 0 Å². The molecule has 2 N–H and O–H groups in total. The molecule has 1 aromatic carbocycles. The second-order valence-electron chi connectivity index (χ2n) is 5.12. The van der Waals surface area contributed by atoms with Gasteiger partial charge in [0, 0.05) is 43.6 Å². The second-order valence-corrected chi connectivity index (χ2v) is 5.12. The first kappa shape index (κ1) is 13.5. The number of rotatable bonds is 3. The first-order valence-electron chi connectivity index (χ1n) is 7.12. The average molecular weight is 284 g/mol. The Morgan fingerprint density at radius 2 is 1.48 bits per heavy atom. The Balaban J connectivity index is 1.62. The molecule has 2 aromatic rings. The van der Waals surface area contributed by atoms with E-state index in [4.69, 9.17) is 10.5 Å². The van der Waals surface area contributed by atoms with E-state index in [1.54, 1.807) is 7.11 Å². The van der Waals surface area contributed by atoms with E-state index in [0.29, 0.717) is 5.88 Å². The summed E-state index contributed by atoms with van der Waals surface area (Å²) in [6, 6.07) is 12.0. The van der Waals surface area contributed by atoms with Crippen LogP contribution in [0.4, 0.5) is 17.1 Å². The van der Waals surface area contributed by atoms with Gasteiger partial charge in [-0.2, -0.15) is 0 Å². The maximum Gasteiger partial charge on any atom is 0.213 e. The van der Waals surface area contributed by atoms with Crippen molar-refractivity contribution in [2.45, 2.75) is 0 Å². The first-order valence-corrected chi connectivity index (χ1v) is 7.12. The molecule has 0 aliphatic carbocycles. The van der Waals surface area contributed by atoms with Gasteiger partial charge in [0.2, 0.25) is 5.88 Å². The van der Waals surface area contributed by atoms with Gasteiger partial charge < -0.3 is 20.3 Å². The lowest BCUT2D eigenvalue weighted by atomic mass is 10.2. The van der Waals surface area contributed by atoms with E-state index in [0.717, 1.165) is 37.6 Å². The summed E-state index contributed by atoms with van der Waals surface area (Å²) in [5, 5.41) is 0. The van der Waals surface area contributed by atoms with Crippen molar-refractivity contribution in [2.75, 3.05) is 48.8 Å². The Morgan fingerprint density at radius 3 is 2.00 bits per heavy atom. The normalized spacial score (nSPS) is 15.1. The fourth-order valence-corrected chi connectivity index (χ4v) is 2.59. The third-order valence-corrected chi connectivity index (χ3v) is 3.83. The van der Waals surface area contributed by atoms with E-state index in [1.165, 1.54) is 5.69 Å². The van der Waals surface area contributed by atoms with Gasteiger partial charge in [-0.15, -0.1) is 0 Å². The summed E-state index contributed by atoms with van der Waals surface area (Å²) in [5.41, 5.74) is 8.92. The van der Waals surface area contributed by atoms with E-state index < -0.39 is 0 Å². The Morgan fingerprint density at radius 1 is 0.905 bits per heavy atom. The largest absolute Gasteiger partial charge is 0.481 e. The van der Waals surface area contributed by atoms with Gasteiger partial charge in [0.05, 0.1) is 19.0 Å². The third kappa shape index (κ3) is 3.02. The Kier molecular flexibility index (Phi) is 3.81. The van der Waals surface area contributed by atoms with E-state index in [2.05, 4.69) is 33.0 Å². The van der Waals surface area contributed by atoms with E-state index >= 15 is 0 Å². The van der Waals surface area contributed by atoms with Gasteiger partial charge in [0.25, 0.3) is 0 Å². The number of nitrogens with two attached hydrogens (primary N) is 1. The second kappa shape index (κ2) is 5.91. The maximum atomic E-state index is 5.73. The van der Waals surface area contributed by atoms with Crippen LogP contribution in [0, 0.1) is 0 Å². The lowest BCUT2D eigenvalue weighted by Gasteiger charge is -2.37. The highest BCUT2D eigenvalue weighted by Crippen LogP contribution is 2.21. The van der Waals surface area contributed by atoms with Crippen molar-refractivity contribution >= 4 is 17.1 Å². The molecule has 0 saturated carbocycles. The predicted octanol–water partition coefficient (Wildman–Crippen LogP) is 2.00. The van der Waals surface area contributed by atoms with Gasteiger partial charge >= 0.3 is 0 Å². The van der Waals surface area contributed by atoms with Crippen LogP contribution in [0.5, 0.6) is 5.88 Å². The number of ether oxygens (including phenoxy) is 1. The first-order chi connectivity index (χ1) is 10.3. The number of nitrogens with zero attached hydrogens (tertiary/aromatic N) is 3. The fraction of sp³-hybridized carbons (Fsp3) is 0.312. The number of benzene rings is 1. The number of pyridine rings is 1. The lowest BCUT2D eigenvalue weighted by molar-refractivity contribution is 0.398. The number of anilines is 3. The van der Waals surface area contributed by atoms with Gasteiger partial charge in [-0.3, -0.25) is 0 Å². The van der Waals surface area contributed by atoms with Crippen LogP contribution < -0.4 is 20.3 Å². The van der Waals surface area contributed by atoms with Crippen molar-refractivity contribution < 1.29 is 4.74 Å². The van der Waals surface area contributed by atoms with Crippen molar-refractivity contribution in [1.29, 1.82) is 0 Å².